The molecule has 0 amide bonds. The first-order valence-electron chi connectivity index (χ1n) is 27.3. The van der Waals surface area contributed by atoms with Crippen LogP contribution in [0.4, 0.5) is 0 Å². The average molecular weight is 1080 g/mol. The molecule has 8 rings (SSSR count). The number of hydrogen-bond donors (Lipinski definition) is 14. The molecule has 22 nitrogen and oxygen atoms in total. The fourth-order valence-electron chi connectivity index (χ4n) is 15.9. The molecule has 29 atom stereocenters. The number of rotatable bonds is 15. The first-order valence-corrected chi connectivity index (χ1v) is 27.3. The molecule has 14 N–H and O–H groups in total. The van der Waals surface area contributed by atoms with E-state index in [1.54, 1.807) is 13.0 Å². The lowest BCUT2D eigenvalue weighted by molar-refractivity contribution is -0.367. The molecule has 75 heavy (non-hydrogen) atoms. The van der Waals surface area contributed by atoms with Crippen LogP contribution in [0.25, 0.3) is 0 Å². The smallest absolute Gasteiger partial charge is 0.187 e. The Labute approximate surface area is 439 Å². The number of aliphatic hydroxyl groups is 14. The molecule has 0 bridgehead atoms. The highest BCUT2D eigenvalue weighted by molar-refractivity contribution is 5.19. The highest BCUT2D eigenvalue weighted by Crippen LogP contribution is 2.76. The maximum absolute atomic E-state index is 11.5. The lowest BCUT2D eigenvalue weighted by Gasteiger charge is -2.70. The molecule has 4 aliphatic carbocycles. The molecule has 4 saturated heterocycles. The second-order valence-corrected chi connectivity index (χ2v) is 25.4. The van der Waals surface area contributed by atoms with Crippen LogP contribution < -0.4 is 0 Å². The summed E-state index contributed by atoms with van der Waals surface area (Å²) in [4.78, 5) is 0. The third-order valence-corrected chi connectivity index (χ3v) is 20.6. The van der Waals surface area contributed by atoms with Gasteiger partial charge in [-0.25, -0.2) is 0 Å². The molecule has 1 unspecified atom stereocenters. The van der Waals surface area contributed by atoms with Crippen molar-refractivity contribution < 1.29 is 109 Å². The van der Waals surface area contributed by atoms with Gasteiger partial charge in [-0.05, 0) is 124 Å². The normalized spacial score (nSPS) is 52.8. The summed E-state index contributed by atoms with van der Waals surface area (Å²) in [6.07, 6.45) is -17.6. The van der Waals surface area contributed by atoms with Crippen LogP contribution in [0.5, 0.6) is 0 Å². The Morgan fingerprint density at radius 2 is 1.17 bits per heavy atom. The summed E-state index contributed by atoms with van der Waals surface area (Å²) in [5.41, 5.74) is -3.56. The standard InChI is InChI=1S/C53H90O22/c1-24-33(57)37(61)42(66)46(70-24)75-53(8,16-9-15-49(4,67)23-69-44-40(64)38(62)35(59)28(20-54)71-44)26-12-18-51(6)25(26)10-11-31-50(5)17-14-32(48(2,3)30(50)13-19-52(31,51)7)73-47-43(34(58)27(56)22-68-47)74-45-41(65)39(63)36(60)29(21-55)72-45/h9,15,24-47,54-67H,10-14,16-23H2,1-8H3/b15-9+/t24-,25+,26-,27-,28+,29+,30-,31+,32-,33-,34-,35+,36+,37+,38-,39-,40+,41+,42+,43+,44+,45-,46-,47-,49?,50-,51+,52+,53-/m0/s1. The summed E-state index contributed by atoms with van der Waals surface area (Å²) in [7, 11) is 0. The minimum absolute atomic E-state index is 0.0936. The van der Waals surface area contributed by atoms with Gasteiger partial charge in [0.1, 0.15) is 91.1 Å². The van der Waals surface area contributed by atoms with E-state index < -0.39 is 153 Å². The number of ether oxygens (including phenoxy) is 8. The summed E-state index contributed by atoms with van der Waals surface area (Å²) < 4.78 is 48.6. The van der Waals surface area contributed by atoms with Crippen LogP contribution in [0.15, 0.2) is 12.2 Å². The molecule has 4 heterocycles. The van der Waals surface area contributed by atoms with Gasteiger partial charge >= 0.3 is 0 Å². The van der Waals surface area contributed by atoms with E-state index >= 15 is 0 Å². The van der Waals surface area contributed by atoms with E-state index in [-0.39, 0.29) is 53.1 Å². The second kappa shape index (κ2) is 22.3. The number of hydrogen-bond acceptors (Lipinski definition) is 22. The zero-order valence-corrected chi connectivity index (χ0v) is 44.7. The van der Waals surface area contributed by atoms with Gasteiger partial charge in [-0.1, -0.05) is 46.8 Å². The van der Waals surface area contributed by atoms with E-state index in [1.807, 2.05) is 6.92 Å². The average Bonchev–Trinajstić information content (AvgIpc) is 3.73. The number of aliphatic hydroxyl groups excluding tert-OH is 13. The van der Waals surface area contributed by atoms with Crippen molar-refractivity contribution in [2.75, 3.05) is 26.4 Å². The molecule has 434 valence electrons. The van der Waals surface area contributed by atoms with Gasteiger partial charge < -0.3 is 109 Å². The van der Waals surface area contributed by atoms with Gasteiger partial charge in [0.25, 0.3) is 0 Å². The van der Waals surface area contributed by atoms with Crippen molar-refractivity contribution in [3.63, 3.8) is 0 Å². The Bertz CT molecular complexity index is 1940. The van der Waals surface area contributed by atoms with E-state index in [0.29, 0.717) is 12.3 Å². The summed E-state index contributed by atoms with van der Waals surface area (Å²) in [5.74, 6) is 0.539. The molecule has 0 aromatic heterocycles. The molecule has 4 aliphatic heterocycles. The Morgan fingerprint density at radius 1 is 0.587 bits per heavy atom. The fraction of sp³-hybridized carbons (Fsp3) is 0.962. The van der Waals surface area contributed by atoms with Crippen LogP contribution in [0.3, 0.4) is 0 Å². The van der Waals surface area contributed by atoms with Gasteiger partial charge in [0, 0.05) is 0 Å². The van der Waals surface area contributed by atoms with Gasteiger partial charge in [0.15, 0.2) is 25.2 Å². The second-order valence-electron chi connectivity index (χ2n) is 25.4. The number of fused-ring (bicyclic) bond motifs is 5. The highest BCUT2D eigenvalue weighted by Gasteiger charge is 2.70. The van der Waals surface area contributed by atoms with Crippen LogP contribution in [0.1, 0.15) is 113 Å². The van der Waals surface area contributed by atoms with Gasteiger partial charge in [0.05, 0.1) is 44.2 Å². The largest absolute Gasteiger partial charge is 0.394 e. The van der Waals surface area contributed by atoms with Crippen molar-refractivity contribution in [1.82, 2.24) is 0 Å². The molecule has 0 spiro atoms. The summed E-state index contributed by atoms with van der Waals surface area (Å²) in [6, 6.07) is 0. The zero-order chi connectivity index (χ0) is 55.1. The molecular formula is C53H90O22. The van der Waals surface area contributed by atoms with Crippen LogP contribution in [-0.4, -0.2) is 232 Å². The van der Waals surface area contributed by atoms with E-state index in [2.05, 4.69) is 34.6 Å². The topological polar surface area (TPSA) is 357 Å². The third-order valence-electron chi connectivity index (χ3n) is 20.6. The van der Waals surface area contributed by atoms with Crippen molar-refractivity contribution in [3.8, 4) is 0 Å². The first kappa shape index (κ1) is 60.0. The van der Waals surface area contributed by atoms with Crippen LogP contribution in [0, 0.1) is 45.3 Å². The Kier molecular flexibility index (Phi) is 17.8. The first-order chi connectivity index (χ1) is 35.0. The van der Waals surface area contributed by atoms with Crippen LogP contribution in [0.2, 0.25) is 0 Å². The summed E-state index contributed by atoms with van der Waals surface area (Å²) in [5, 5.41) is 148. The molecule has 22 heteroatoms. The Balaban J connectivity index is 0.993. The maximum Gasteiger partial charge on any atom is 0.187 e. The predicted molar refractivity (Wildman–Crippen MR) is 260 cm³/mol. The van der Waals surface area contributed by atoms with Gasteiger partial charge in [0.2, 0.25) is 0 Å². The lowest BCUT2D eigenvalue weighted by atomic mass is 9.35. The van der Waals surface area contributed by atoms with Crippen LogP contribution >= 0.6 is 0 Å². The van der Waals surface area contributed by atoms with Gasteiger partial charge in [-0.15, -0.1) is 0 Å². The molecular weight excluding hydrogens is 989 g/mol. The van der Waals surface area contributed by atoms with E-state index in [1.165, 1.54) is 13.0 Å². The molecule has 0 aromatic carbocycles. The monoisotopic (exact) mass is 1080 g/mol. The Morgan fingerprint density at radius 3 is 1.81 bits per heavy atom. The van der Waals surface area contributed by atoms with E-state index in [0.717, 1.165) is 44.9 Å². The Hall–Kier alpha value is -1.14. The van der Waals surface area contributed by atoms with E-state index in [9.17, 15) is 71.5 Å². The summed E-state index contributed by atoms with van der Waals surface area (Å²) in [6.45, 7) is 14.8. The molecule has 8 fully saturated rings. The maximum atomic E-state index is 11.5. The fourth-order valence-corrected chi connectivity index (χ4v) is 15.9. The lowest BCUT2D eigenvalue weighted by Crippen LogP contribution is -2.66. The summed E-state index contributed by atoms with van der Waals surface area (Å²) >= 11 is 0. The van der Waals surface area contributed by atoms with E-state index in [4.69, 9.17) is 37.9 Å². The van der Waals surface area contributed by atoms with Crippen molar-refractivity contribution in [2.24, 2.45) is 45.3 Å². The zero-order valence-electron chi connectivity index (χ0n) is 44.7. The highest BCUT2D eigenvalue weighted by atomic mass is 16.8. The van der Waals surface area contributed by atoms with Crippen LogP contribution in [-0.2, 0) is 37.9 Å². The molecule has 0 radical (unpaired) electrons. The minimum Gasteiger partial charge on any atom is -0.394 e. The molecule has 0 aromatic rings. The SMILES string of the molecule is C[C@@H]1O[C@@H](O[C@@](C)(C/C=C/C(C)(O)CO[C@@H]2O[C@H](CO)[C@@H](O)[C@H](O)[C@H]2O)[C@H]2CC[C@]3(C)[C@@H]2CC[C@@H]2[C@@]4(C)CC[C@H](O[C@@H]5OC[C@H](O)[C@H](O)[C@H]5O[C@@H]5O[C@H](CO)[C@@H](O)[C@H](O)[C@H]5O)C(C)(C)[C@@H]4CC[C@]23C)[C@H](O)[C@H](O)[C@H]1O. The predicted octanol–water partition coefficient (Wildman–Crippen LogP) is -1.56. The molecule has 8 aliphatic rings. The van der Waals surface area contributed by atoms with Crippen molar-refractivity contribution in [1.29, 1.82) is 0 Å². The minimum atomic E-state index is -1.75. The quantitative estimate of drug-likeness (QED) is 0.0651. The third kappa shape index (κ3) is 10.7. The van der Waals surface area contributed by atoms with Crippen molar-refractivity contribution in [3.05, 3.63) is 12.2 Å². The van der Waals surface area contributed by atoms with Gasteiger partial charge in [-0.3, -0.25) is 0 Å². The van der Waals surface area contributed by atoms with Crippen molar-refractivity contribution >= 4 is 0 Å². The van der Waals surface area contributed by atoms with Crippen molar-refractivity contribution in [2.45, 2.75) is 247 Å². The van der Waals surface area contributed by atoms with Gasteiger partial charge in [-0.2, -0.15) is 0 Å². The molecule has 4 saturated carbocycles.